The average molecular weight is 321 g/mol. The van der Waals surface area contributed by atoms with E-state index in [9.17, 15) is 5.11 Å². The molecule has 2 aromatic carbocycles. The van der Waals surface area contributed by atoms with Crippen LogP contribution in [0.2, 0.25) is 0 Å². The molecule has 100 valence electrons. The van der Waals surface area contributed by atoms with Crippen LogP contribution in [0.4, 0.5) is 0 Å². The zero-order valence-electron chi connectivity index (χ0n) is 11.3. The highest BCUT2D eigenvalue weighted by molar-refractivity contribution is 9.10. The Hall–Kier alpha value is -1.32. The molecule has 0 saturated carbocycles. The van der Waals surface area contributed by atoms with Crippen molar-refractivity contribution in [3.8, 4) is 11.5 Å². The van der Waals surface area contributed by atoms with Crippen molar-refractivity contribution in [2.45, 2.75) is 26.9 Å². The number of benzene rings is 2. The van der Waals surface area contributed by atoms with E-state index in [0.717, 1.165) is 32.7 Å². The van der Waals surface area contributed by atoms with Gasteiger partial charge in [-0.3, -0.25) is 0 Å². The van der Waals surface area contributed by atoms with Crippen LogP contribution in [0, 0.1) is 13.8 Å². The molecule has 2 nitrogen and oxygen atoms in total. The molecule has 1 N–H and O–H groups in total. The van der Waals surface area contributed by atoms with E-state index < -0.39 is 6.10 Å². The maximum absolute atomic E-state index is 9.55. The fraction of sp³-hybridized carbons (Fsp3) is 0.250. The maximum atomic E-state index is 9.55. The molecule has 0 aliphatic carbocycles. The Kier molecular flexibility index (Phi) is 4.27. The summed E-state index contributed by atoms with van der Waals surface area (Å²) in [4.78, 5) is 0. The third-order valence-corrected chi connectivity index (χ3v) is 3.62. The first-order valence-corrected chi connectivity index (χ1v) is 6.99. The van der Waals surface area contributed by atoms with Gasteiger partial charge >= 0.3 is 0 Å². The fourth-order valence-electron chi connectivity index (χ4n) is 1.80. The smallest absolute Gasteiger partial charge is 0.141 e. The highest BCUT2D eigenvalue weighted by Gasteiger charge is 2.08. The first kappa shape index (κ1) is 14.1. The van der Waals surface area contributed by atoms with Gasteiger partial charge in [0.2, 0.25) is 0 Å². The fourth-order valence-corrected chi connectivity index (χ4v) is 2.27. The molecule has 0 aliphatic rings. The number of rotatable bonds is 3. The number of aliphatic hydroxyl groups excluding tert-OH is 1. The first-order chi connectivity index (χ1) is 8.97. The van der Waals surface area contributed by atoms with Gasteiger partial charge in [-0.05, 0) is 71.6 Å². The SMILES string of the molecule is Cc1ccc(C)c(Oc2ccc([C@H](C)O)cc2Br)c1. The quantitative estimate of drug-likeness (QED) is 0.870. The molecule has 0 saturated heterocycles. The van der Waals surface area contributed by atoms with Crippen molar-refractivity contribution in [1.29, 1.82) is 0 Å². The normalized spacial score (nSPS) is 12.3. The molecule has 0 bridgehead atoms. The van der Waals surface area contributed by atoms with Crippen LogP contribution in [0.25, 0.3) is 0 Å². The van der Waals surface area contributed by atoms with Crippen LogP contribution in [0.15, 0.2) is 40.9 Å². The van der Waals surface area contributed by atoms with Crippen LogP contribution in [0.1, 0.15) is 29.7 Å². The number of hydrogen-bond acceptors (Lipinski definition) is 2. The van der Waals surface area contributed by atoms with Gasteiger partial charge in [0.15, 0.2) is 0 Å². The Bertz CT molecular complexity index is 591. The lowest BCUT2D eigenvalue weighted by Crippen LogP contribution is -1.93. The topological polar surface area (TPSA) is 29.5 Å². The van der Waals surface area contributed by atoms with Gasteiger partial charge in [0.05, 0.1) is 10.6 Å². The third kappa shape index (κ3) is 3.37. The molecule has 2 aromatic rings. The second-order valence-corrected chi connectivity index (χ2v) is 5.59. The summed E-state index contributed by atoms with van der Waals surface area (Å²) in [6.07, 6.45) is -0.481. The summed E-state index contributed by atoms with van der Waals surface area (Å²) in [5.74, 6) is 1.60. The minimum absolute atomic E-state index is 0.481. The molecule has 0 aliphatic heterocycles. The minimum Gasteiger partial charge on any atom is -0.456 e. The van der Waals surface area contributed by atoms with Gasteiger partial charge in [0, 0.05) is 0 Å². The summed E-state index contributed by atoms with van der Waals surface area (Å²) in [6.45, 7) is 5.80. The molecule has 19 heavy (non-hydrogen) atoms. The number of hydrogen-bond donors (Lipinski definition) is 1. The van der Waals surface area contributed by atoms with Crippen molar-refractivity contribution in [2.24, 2.45) is 0 Å². The van der Waals surface area contributed by atoms with Crippen LogP contribution in [0.5, 0.6) is 11.5 Å². The molecule has 1 atom stereocenters. The average Bonchev–Trinajstić information content (AvgIpc) is 2.36. The highest BCUT2D eigenvalue weighted by atomic mass is 79.9. The molecule has 3 heteroatoms. The summed E-state index contributed by atoms with van der Waals surface area (Å²) < 4.78 is 6.77. The lowest BCUT2D eigenvalue weighted by atomic mass is 10.1. The van der Waals surface area contributed by atoms with Gasteiger partial charge in [-0.25, -0.2) is 0 Å². The van der Waals surface area contributed by atoms with E-state index in [-0.39, 0.29) is 0 Å². The molecule has 0 heterocycles. The molecular formula is C16H17BrO2. The molecule has 2 rings (SSSR count). The summed E-state index contributed by atoms with van der Waals surface area (Å²) in [7, 11) is 0. The molecule has 0 aromatic heterocycles. The number of ether oxygens (including phenoxy) is 1. The minimum atomic E-state index is -0.481. The standard InChI is InChI=1S/C16H17BrO2/c1-10-4-5-11(2)16(8-10)19-15-7-6-13(12(3)18)9-14(15)17/h4-9,12,18H,1-3H3/t12-/m0/s1. The van der Waals surface area contributed by atoms with Crippen molar-refractivity contribution in [3.05, 3.63) is 57.6 Å². The van der Waals surface area contributed by atoms with Gasteiger partial charge in [-0.15, -0.1) is 0 Å². The largest absolute Gasteiger partial charge is 0.456 e. The number of aliphatic hydroxyl groups is 1. The van der Waals surface area contributed by atoms with E-state index >= 15 is 0 Å². The van der Waals surface area contributed by atoms with Crippen LogP contribution in [0.3, 0.4) is 0 Å². The summed E-state index contributed by atoms with van der Waals surface area (Å²) >= 11 is 3.48. The number of aryl methyl sites for hydroxylation is 2. The van der Waals surface area contributed by atoms with Crippen molar-refractivity contribution >= 4 is 15.9 Å². The Morgan fingerprint density at radius 2 is 1.79 bits per heavy atom. The summed E-state index contributed by atoms with van der Waals surface area (Å²) in [5.41, 5.74) is 3.12. The molecular weight excluding hydrogens is 304 g/mol. The van der Waals surface area contributed by atoms with E-state index in [0.29, 0.717) is 0 Å². The predicted octanol–water partition coefficient (Wildman–Crippen LogP) is 4.91. The molecule has 0 spiro atoms. The third-order valence-electron chi connectivity index (χ3n) is 3.00. The maximum Gasteiger partial charge on any atom is 0.141 e. The Morgan fingerprint density at radius 3 is 2.42 bits per heavy atom. The Morgan fingerprint density at radius 1 is 1.05 bits per heavy atom. The van der Waals surface area contributed by atoms with Gasteiger partial charge in [0.25, 0.3) is 0 Å². The first-order valence-electron chi connectivity index (χ1n) is 6.20. The van der Waals surface area contributed by atoms with Crippen LogP contribution in [-0.2, 0) is 0 Å². The predicted molar refractivity (Wildman–Crippen MR) is 80.8 cm³/mol. The van der Waals surface area contributed by atoms with Gasteiger partial charge in [0.1, 0.15) is 11.5 Å². The van der Waals surface area contributed by atoms with Crippen molar-refractivity contribution < 1.29 is 9.84 Å². The Labute approximate surface area is 122 Å². The Balaban J connectivity index is 2.31. The van der Waals surface area contributed by atoms with Gasteiger partial charge < -0.3 is 9.84 Å². The van der Waals surface area contributed by atoms with E-state index in [4.69, 9.17) is 4.74 Å². The van der Waals surface area contributed by atoms with E-state index in [2.05, 4.69) is 22.0 Å². The van der Waals surface area contributed by atoms with Crippen molar-refractivity contribution in [3.63, 3.8) is 0 Å². The second kappa shape index (κ2) is 5.76. The summed E-state index contributed by atoms with van der Waals surface area (Å²) in [5, 5.41) is 9.55. The lowest BCUT2D eigenvalue weighted by molar-refractivity contribution is 0.199. The molecule has 0 amide bonds. The highest BCUT2D eigenvalue weighted by Crippen LogP contribution is 2.33. The molecule has 0 radical (unpaired) electrons. The van der Waals surface area contributed by atoms with E-state index in [1.54, 1.807) is 6.92 Å². The lowest BCUT2D eigenvalue weighted by Gasteiger charge is -2.13. The zero-order chi connectivity index (χ0) is 14.0. The summed E-state index contributed by atoms with van der Waals surface area (Å²) in [6, 6.07) is 11.7. The zero-order valence-corrected chi connectivity index (χ0v) is 12.9. The molecule has 0 unspecified atom stereocenters. The van der Waals surface area contributed by atoms with E-state index in [1.165, 1.54) is 0 Å². The van der Waals surface area contributed by atoms with Crippen LogP contribution < -0.4 is 4.74 Å². The van der Waals surface area contributed by atoms with Gasteiger partial charge in [-0.2, -0.15) is 0 Å². The monoisotopic (exact) mass is 320 g/mol. The molecule has 0 fully saturated rings. The van der Waals surface area contributed by atoms with Crippen LogP contribution >= 0.6 is 15.9 Å². The van der Waals surface area contributed by atoms with Crippen LogP contribution in [-0.4, -0.2) is 5.11 Å². The van der Waals surface area contributed by atoms with Gasteiger partial charge in [-0.1, -0.05) is 18.2 Å². The van der Waals surface area contributed by atoms with Crippen molar-refractivity contribution in [2.75, 3.05) is 0 Å². The van der Waals surface area contributed by atoms with Crippen molar-refractivity contribution in [1.82, 2.24) is 0 Å². The number of halogens is 1. The van der Waals surface area contributed by atoms with E-state index in [1.807, 2.05) is 44.2 Å². The second-order valence-electron chi connectivity index (χ2n) is 4.74.